The van der Waals surface area contributed by atoms with Gasteiger partial charge in [0.1, 0.15) is 23.4 Å². The molecule has 0 saturated carbocycles. The lowest BCUT2D eigenvalue weighted by molar-refractivity contribution is 0.104. The number of ketones is 1. The van der Waals surface area contributed by atoms with Crippen molar-refractivity contribution in [3.8, 4) is 17.2 Å². The van der Waals surface area contributed by atoms with Gasteiger partial charge in [-0.25, -0.2) is 0 Å². The van der Waals surface area contributed by atoms with Gasteiger partial charge in [0.15, 0.2) is 5.78 Å². The molecule has 0 saturated heterocycles. The molecule has 0 spiro atoms. The molecule has 0 fully saturated rings. The zero-order valence-electron chi connectivity index (χ0n) is 14.0. The Hall–Kier alpha value is -2.75. The van der Waals surface area contributed by atoms with Crippen LogP contribution in [0.1, 0.15) is 28.4 Å². The van der Waals surface area contributed by atoms with Crippen molar-refractivity contribution in [2.24, 2.45) is 0 Å². The van der Waals surface area contributed by atoms with Gasteiger partial charge in [-0.05, 0) is 61.0 Å². The summed E-state index contributed by atoms with van der Waals surface area (Å²) in [6, 6.07) is 11.0. The van der Waals surface area contributed by atoms with E-state index < -0.39 is 0 Å². The fourth-order valence-corrected chi connectivity index (χ4v) is 2.81. The summed E-state index contributed by atoms with van der Waals surface area (Å²) in [7, 11) is 3.21. The number of allylic oxidation sites excluding steroid dienone is 1. The normalized spacial score (nSPS) is 15.9. The molecule has 124 valence electrons. The highest BCUT2D eigenvalue weighted by atomic mass is 16.5. The zero-order valence-corrected chi connectivity index (χ0v) is 14.0. The fraction of sp³-hybridized carbons (Fsp3) is 0.250. The third-order valence-electron chi connectivity index (χ3n) is 4.03. The minimum Gasteiger partial charge on any atom is -0.497 e. The molecule has 2 aromatic rings. The van der Waals surface area contributed by atoms with E-state index in [1.54, 1.807) is 32.4 Å². The average molecular weight is 324 g/mol. The first-order valence-corrected chi connectivity index (χ1v) is 7.84. The Morgan fingerprint density at radius 2 is 2.00 bits per heavy atom. The molecule has 3 rings (SSSR count). The van der Waals surface area contributed by atoms with E-state index in [0.717, 1.165) is 23.3 Å². The molecule has 0 unspecified atom stereocenters. The smallest absolute Gasteiger partial charge is 0.185 e. The molecule has 4 heteroatoms. The minimum atomic E-state index is -0.0535. The van der Waals surface area contributed by atoms with Gasteiger partial charge < -0.3 is 14.2 Å². The van der Waals surface area contributed by atoms with Gasteiger partial charge in [-0.2, -0.15) is 0 Å². The lowest BCUT2D eigenvalue weighted by atomic mass is 10.0. The highest BCUT2D eigenvalue weighted by Gasteiger charge is 2.19. The van der Waals surface area contributed by atoms with Crippen molar-refractivity contribution in [2.75, 3.05) is 14.2 Å². The summed E-state index contributed by atoms with van der Waals surface area (Å²) < 4.78 is 16.2. The van der Waals surface area contributed by atoms with Crippen LogP contribution in [0.4, 0.5) is 0 Å². The summed E-state index contributed by atoms with van der Waals surface area (Å²) in [6.45, 7) is 2.02. The Balaban J connectivity index is 1.82. The standard InChI is InChI=1S/C20H20O4/c1-13-10-16-11-14(5-8-20(16)24-13)18(21)7-4-15-12-17(22-2)6-9-19(15)23-3/h4-9,11-13H,10H2,1-3H3/b7-4+/t13-/m0/s1. The molecule has 0 N–H and O–H groups in total. The van der Waals surface area contributed by atoms with E-state index in [0.29, 0.717) is 17.1 Å². The van der Waals surface area contributed by atoms with E-state index in [-0.39, 0.29) is 11.9 Å². The highest BCUT2D eigenvalue weighted by molar-refractivity contribution is 6.07. The maximum absolute atomic E-state index is 12.5. The summed E-state index contributed by atoms with van der Waals surface area (Å²) in [5.41, 5.74) is 2.54. The molecule has 1 aliphatic heterocycles. The van der Waals surface area contributed by atoms with Crippen LogP contribution in [0.5, 0.6) is 17.2 Å². The Labute approximate surface area is 141 Å². The summed E-state index contributed by atoms with van der Waals surface area (Å²) >= 11 is 0. The molecule has 24 heavy (non-hydrogen) atoms. The van der Waals surface area contributed by atoms with Crippen LogP contribution >= 0.6 is 0 Å². The third-order valence-corrected chi connectivity index (χ3v) is 4.03. The van der Waals surface area contributed by atoms with E-state index in [4.69, 9.17) is 14.2 Å². The molecular weight excluding hydrogens is 304 g/mol. The van der Waals surface area contributed by atoms with E-state index >= 15 is 0 Å². The Morgan fingerprint density at radius 3 is 2.75 bits per heavy atom. The topological polar surface area (TPSA) is 44.8 Å². The first-order chi connectivity index (χ1) is 11.6. The zero-order chi connectivity index (χ0) is 17.1. The van der Waals surface area contributed by atoms with Crippen molar-refractivity contribution in [1.82, 2.24) is 0 Å². The second-order valence-electron chi connectivity index (χ2n) is 5.76. The van der Waals surface area contributed by atoms with E-state index in [9.17, 15) is 4.79 Å². The van der Waals surface area contributed by atoms with Crippen LogP contribution in [0.25, 0.3) is 6.08 Å². The van der Waals surface area contributed by atoms with Crippen LogP contribution in [0.2, 0.25) is 0 Å². The van der Waals surface area contributed by atoms with Crippen molar-refractivity contribution in [2.45, 2.75) is 19.4 Å². The Morgan fingerprint density at radius 1 is 1.17 bits per heavy atom. The first kappa shape index (κ1) is 16.1. The SMILES string of the molecule is COc1ccc(OC)c(/C=C/C(=O)c2ccc3c(c2)C[C@H](C)O3)c1. The number of fused-ring (bicyclic) bond motifs is 1. The molecule has 0 aliphatic carbocycles. The van der Waals surface area contributed by atoms with Gasteiger partial charge in [-0.3, -0.25) is 4.79 Å². The maximum Gasteiger partial charge on any atom is 0.185 e. The van der Waals surface area contributed by atoms with Gasteiger partial charge in [-0.1, -0.05) is 0 Å². The predicted molar refractivity (Wildman–Crippen MR) is 93.1 cm³/mol. The van der Waals surface area contributed by atoms with Crippen molar-refractivity contribution < 1.29 is 19.0 Å². The molecular formula is C20H20O4. The number of hydrogen-bond donors (Lipinski definition) is 0. The maximum atomic E-state index is 12.5. The van der Waals surface area contributed by atoms with Gasteiger partial charge >= 0.3 is 0 Å². The summed E-state index contributed by atoms with van der Waals surface area (Å²) in [5, 5.41) is 0. The fourth-order valence-electron chi connectivity index (χ4n) is 2.81. The van der Waals surface area contributed by atoms with E-state index in [2.05, 4.69) is 0 Å². The lowest BCUT2D eigenvalue weighted by Crippen LogP contribution is -2.05. The molecule has 4 nitrogen and oxygen atoms in total. The van der Waals surface area contributed by atoms with Gasteiger partial charge in [-0.15, -0.1) is 0 Å². The second kappa shape index (κ2) is 6.79. The summed E-state index contributed by atoms with van der Waals surface area (Å²) in [5.74, 6) is 2.22. The van der Waals surface area contributed by atoms with Crippen LogP contribution in [0, 0.1) is 0 Å². The van der Waals surface area contributed by atoms with Crippen molar-refractivity contribution in [1.29, 1.82) is 0 Å². The minimum absolute atomic E-state index is 0.0535. The van der Waals surface area contributed by atoms with Crippen LogP contribution in [0.3, 0.4) is 0 Å². The van der Waals surface area contributed by atoms with Crippen LogP contribution < -0.4 is 14.2 Å². The molecule has 1 aliphatic rings. The van der Waals surface area contributed by atoms with Crippen molar-refractivity contribution in [3.05, 3.63) is 59.2 Å². The van der Waals surface area contributed by atoms with E-state index in [1.165, 1.54) is 0 Å². The van der Waals surface area contributed by atoms with Crippen LogP contribution in [-0.4, -0.2) is 26.1 Å². The number of carbonyl (C=O) groups is 1. The summed E-state index contributed by atoms with van der Waals surface area (Å²) in [4.78, 5) is 12.5. The third kappa shape index (κ3) is 3.27. The Kier molecular flexibility index (Phi) is 4.56. The summed E-state index contributed by atoms with van der Waals surface area (Å²) in [6.07, 6.45) is 4.31. The molecule has 0 bridgehead atoms. The molecule has 1 atom stereocenters. The van der Waals surface area contributed by atoms with Gasteiger partial charge in [0.2, 0.25) is 0 Å². The van der Waals surface area contributed by atoms with E-state index in [1.807, 2.05) is 37.3 Å². The lowest BCUT2D eigenvalue weighted by Gasteiger charge is -2.07. The van der Waals surface area contributed by atoms with Crippen molar-refractivity contribution in [3.63, 3.8) is 0 Å². The number of hydrogen-bond acceptors (Lipinski definition) is 4. The average Bonchev–Trinajstić information content (AvgIpc) is 2.98. The number of benzene rings is 2. The number of carbonyl (C=O) groups excluding carboxylic acids is 1. The van der Waals surface area contributed by atoms with Crippen LogP contribution in [0.15, 0.2) is 42.5 Å². The van der Waals surface area contributed by atoms with Crippen LogP contribution in [-0.2, 0) is 6.42 Å². The van der Waals surface area contributed by atoms with Gasteiger partial charge in [0.25, 0.3) is 0 Å². The number of rotatable bonds is 5. The molecule has 1 heterocycles. The van der Waals surface area contributed by atoms with Crippen molar-refractivity contribution >= 4 is 11.9 Å². The highest BCUT2D eigenvalue weighted by Crippen LogP contribution is 2.30. The largest absolute Gasteiger partial charge is 0.497 e. The van der Waals surface area contributed by atoms with Gasteiger partial charge in [0, 0.05) is 17.5 Å². The molecule has 2 aromatic carbocycles. The predicted octanol–water partition coefficient (Wildman–Crippen LogP) is 3.92. The molecule has 0 radical (unpaired) electrons. The monoisotopic (exact) mass is 324 g/mol. The number of methoxy groups -OCH3 is 2. The number of ether oxygens (including phenoxy) is 3. The Bertz CT molecular complexity index is 792. The molecule has 0 aromatic heterocycles. The first-order valence-electron chi connectivity index (χ1n) is 7.84. The second-order valence-corrected chi connectivity index (χ2v) is 5.76. The van der Waals surface area contributed by atoms with Gasteiger partial charge in [0.05, 0.1) is 14.2 Å². The quantitative estimate of drug-likeness (QED) is 0.617. The molecule has 0 amide bonds.